The van der Waals surface area contributed by atoms with Crippen molar-refractivity contribution >= 4 is 0 Å². The molecule has 2 aromatic carbocycles. The van der Waals surface area contributed by atoms with E-state index in [0.717, 1.165) is 16.7 Å². The Morgan fingerprint density at radius 2 is 1.61 bits per heavy atom. The summed E-state index contributed by atoms with van der Waals surface area (Å²) >= 11 is 0. The minimum Gasteiger partial charge on any atom is -0.346 e. The Morgan fingerprint density at radius 1 is 0.889 bits per heavy atom. The van der Waals surface area contributed by atoms with Gasteiger partial charge in [-0.2, -0.15) is 0 Å². The molecule has 0 spiro atoms. The maximum atomic E-state index is 12.9. The Labute approximate surface area is 105 Å². The third-order valence-electron chi connectivity index (χ3n) is 2.96. The molecule has 1 saturated heterocycles. The summed E-state index contributed by atoms with van der Waals surface area (Å²) in [6, 6.07) is 14.4. The molecule has 2 nitrogen and oxygen atoms in total. The Hall–Kier alpha value is -1.71. The molecule has 92 valence electrons. The van der Waals surface area contributed by atoms with Crippen LogP contribution in [0.4, 0.5) is 4.39 Å². The Morgan fingerprint density at radius 3 is 2.33 bits per heavy atom. The van der Waals surface area contributed by atoms with Crippen LogP contribution < -0.4 is 0 Å². The van der Waals surface area contributed by atoms with Gasteiger partial charge in [0.2, 0.25) is 0 Å². The van der Waals surface area contributed by atoms with Crippen LogP contribution >= 0.6 is 0 Å². The molecule has 0 bridgehead atoms. The highest BCUT2D eigenvalue weighted by Crippen LogP contribution is 2.27. The van der Waals surface area contributed by atoms with E-state index in [1.807, 2.05) is 24.3 Å². The highest BCUT2D eigenvalue weighted by Gasteiger charge is 2.18. The molecule has 0 amide bonds. The van der Waals surface area contributed by atoms with Crippen molar-refractivity contribution in [3.05, 3.63) is 59.9 Å². The van der Waals surface area contributed by atoms with Crippen molar-refractivity contribution in [2.75, 3.05) is 13.2 Å². The van der Waals surface area contributed by atoms with E-state index in [4.69, 9.17) is 9.47 Å². The second-order valence-corrected chi connectivity index (χ2v) is 4.21. The van der Waals surface area contributed by atoms with Gasteiger partial charge < -0.3 is 9.47 Å². The summed E-state index contributed by atoms with van der Waals surface area (Å²) in [7, 11) is 0. The summed E-state index contributed by atoms with van der Waals surface area (Å²) in [4.78, 5) is 0. The fraction of sp³-hybridized carbons (Fsp3) is 0.200. The molecular formula is C15H13FO2. The minimum absolute atomic E-state index is 0.225. The van der Waals surface area contributed by atoms with Crippen LogP contribution in [0.5, 0.6) is 0 Å². The third-order valence-corrected chi connectivity index (χ3v) is 2.96. The predicted octanol–water partition coefficient (Wildman–Crippen LogP) is 3.54. The van der Waals surface area contributed by atoms with Crippen molar-refractivity contribution in [1.29, 1.82) is 0 Å². The van der Waals surface area contributed by atoms with E-state index >= 15 is 0 Å². The number of ether oxygens (including phenoxy) is 2. The van der Waals surface area contributed by atoms with Crippen LogP contribution in [0.25, 0.3) is 11.1 Å². The lowest BCUT2D eigenvalue weighted by molar-refractivity contribution is -0.0440. The highest BCUT2D eigenvalue weighted by molar-refractivity contribution is 5.64. The summed E-state index contributed by atoms with van der Waals surface area (Å²) in [5, 5.41) is 0. The molecule has 3 rings (SSSR count). The average molecular weight is 244 g/mol. The van der Waals surface area contributed by atoms with Crippen LogP contribution in [0.15, 0.2) is 48.5 Å². The van der Waals surface area contributed by atoms with Gasteiger partial charge in [-0.1, -0.05) is 30.3 Å². The van der Waals surface area contributed by atoms with Crippen LogP contribution in [0, 0.1) is 5.82 Å². The van der Waals surface area contributed by atoms with Gasteiger partial charge >= 0.3 is 0 Å². The molecule has 2 aromatic rings. The van der Waals surface area contributed by atoms with Crippen molar-refractivity contribution in [3.8, 4) is 11.1 Å². The number of rotatable bonds is 2. The molecule has 1 fully saturated rings. The van der Waals surface area contributed by atoms with E-state index in [2.05, 4.69) is 0 Å². The lowest BCUT2D eigenvalue weighted by atomic mass is 10.0. The van der Waals surface area contributed by atoms with Gasteiger partial charge in [-0.3, -0.25) is 0 Å². The molecule has 0 atom stereocenters. The molecule has 0 N–H and O–H groups in total. The van der Waals surface area contributed by atoms with E-state index in [1.54, 1.807) is 12.1 Å². The zero-order valence-corrected chi connectivity index (χ0v) is 9.80. The molecule has 0 unspecified atom stereocenters. The average Bonchev–Trinajstić information content (AvgIpc) is 2.94. The molecular weight excluding hydrogens is 231 g/mol. The first-order valence-corrected chi connectivity index (χ1v) is 5.92. The van der Waals surface area contributed by atoms with Crippen molar-refractivity contribution in [2.24, 2.45) is 0 Å². The summed E-state index contributed by atoms with van der Waals surface area (Å²) in [6.45, 7) is 1.26. The molecule has 18 heavy (non-hydrogen) atoms. The van der Waals surface area contributed by atoms with Crippen molar-refractivity contribution in [2.45, 2.75) is 6.29 Å². The third kappa shape index (κ3) is 2.28. The van der Waals surface area contributed by atoms with Gasteiger partial charge in [0.15, 0.2) is 6.29 Å². The summed E-state index contributed by atoms with van der Waals surface area (Å²) < 4.78 is 23.8. The lowest BCUT2D eigenvalue weighted by Crippen LogP contribution is -1.97. The Balaban J connectivity index is 1.92. The second-order valence-electron chi connectivity index (χ2n) is 4.21. The van der Waals surface area contributed by atoms with Crippen LogP contribution in [-0.4, -0.2) is 13.2 Å². The van der Waals surface area contributed by atoms with E-state index in [9.17, 15) is 4.39 Å². The van der Waals surface area contributed by atoms with Crippen molar-refractivity contribution in [3.63, 3.8) is 0 Å². The SMILES string of the molecule is Fc1ccc(-c2cccc(C3OCCO3)c2)cc1. The standard InChI is InChI=1S/C15H13FO2/c16-14-6-4-11(5-7-14)12-2-1-3-13(10-12)15-17-8-9-18-15/h1-7,10,15H,8-9H2. The van der Waals surface area contributed by atoms with Gasteiger partial charge in [0.05, 0.1) is 13.2 Å². The highest BCUT2D eigenvalue weighted by atomic mass is 19.1. The monoisotopic (exact) mass is 244 g/mol. The van der Waals surface area contributed by atoms with Gasteiger partial charge in [0.25, 0.3) is 0 Å². The summed E-state index contributed by atoms with van der Waals surface area (Å²) in [6.07, 6.45) is -0.273. The molecule has 0 saturated carbocycles. The Bertz CT molecular complexity index is 530. The van der Waals surface area contributed by atoms with Gasteiger partial charge in [0.1, 0.15) is 5.82 Å². The summed E-state index contributed by atoms with van der Waals surface area (Å²) in [5.74, 6) is -0.225. The first-order valence-electron chi connectivity index (χ1n) is 5.92. The first kappa shape index (κ1) is 11.4. The maximum absolute atomic E-state index is 12.9. The van der Waals surface area contributed by atoms with Crippen LogP contribution in [0.3, 0.4) is 0 Å². The van der Waals surface area contributed by atoms with Gasteiger partial charge in [0, 0.05) is 5.56 Å². The molecule has 1 aliphatic heterocycles. The van der Waals surface area contributed by atoms with Crippen LogP contribution in [0.2, 0.25) is 0 Å². The van der Waals surface area contributed by atoms with Gasteiger partial charge in [-0.15, -0.1) is 0 Å². The number of hydrogen-bond acceptors (Lipinski definition) is 2. The fourth-order valence-electron chi connectivity index (χ4n) is 2.06. The smallest absolute Gasteiger partial charge is 0.184 e. The molecule has 1 heterocycles. The molecule has 0 radical (unpaired) electrons. The van der Waals surface area contributed by atoms with E-state index in [1.165, 1.54) is 12.1 Å². The van der Waals surface area contributed by atoms with E-state index < -0.39 is 0 Å². The Kier molecular flexibility index (Phi) is 3.09. The number of benzene rings is 2. The van der Waals surface area contributed by atoms with Crippen molar-refractivity contribution < 1.29 is 13.9 Å². The van der Waals surface area contributed by atoms with Gasteiger partial charge in [-0.05, 0) is 29.3 Å². The zero-order valence-electron chi connectivity index (χ0n) is 9.80. The molecule has 1 aliphatic rings. The molecule has 0 aromatic heterocycles. The lowest BCUT2D eigenvalue weighted by Gasteiger charge is -2.11. The van der Waals surface area contributed by atoms with Crippen LogP contribution in [0.1, 0.15) is 11.9 Å². The van der Waals surface area contributed by atoms with E-state index in [0.29, 0.717) is 13.2 Å². The normalized spacial score (nSPS) is 16.1. The van der Waals surface area contributed by atoms with Gasteiger partial charge in [-0.25, -0.2) is 4.39 Å². The topological polar surface area (TPSA) is 18.5 Å². The molecule has 0 aliphatic carbocycles. The predicted molar refractivity (Wildman–Crippen MR) is 66.5 cm³/mol. The summed E-state index contributed by atoms with van der Waals surface area (Å²) in [5.41, 5.74) is 3.01. The quantitative estimate of drug-likeness (QED) is 0.804. The largest absolute Gasteiger partial charge is 0.346 e. The van der Waals surface area contributed by atoms with Crippen LogP contribution in [-0.2, 0) is 9.47 Å². The number of hydrogen-bond donors (Lipinski definition) is 0. The zero-order chi connectivity index (χ0) is 12.4. The maximum Gasteiger partial charge on any atom is 0.184 e. The minimum atomic E-state index is -0.273. The first-order chi connectivity index (χ1) is 8.83. The van der Waals surface area contributed by atoms with E-state index in [-0.39, 0.29) is 12.1 Å². The van der Waals surface area contributed by atoms with Crippen molar-refractivity contribution in [1.82, 2.24) is 0 Å². The second kappa shape index (κ2) is 4.88. The molecule has 3 heteroatoms. The fourth-order valence-corrected chi connectivity index (χ4v) is 2.06. The number of halogens is 1.